The Morgan fingerprint density at radius 3 is 1.57 bits per heavy atom. The SMILES string of the molecule is CO[AsH](=O)OC.[Na]. The van der Waals surface area contributed by atoms with E-state index in [1.165, 1.54) is 14.2 Å². The van der Waals surface area contributed by atoms with Crippen molar-refractivity contribution in [2.45, 2.75) is 0 Å². The van der Waals surface area contributed by atoms with Gasteiger partial charge in [-0.1, -0.05) is 0 Å². The van der Waals surface area contributed by atoms with E-state index in [1.807, 2.05) is 0 Å². The van der Waals surface area contributed by atoms with Crippen molar-refractivity contribution < 1.29 is 11.2 Å². The van der Waals surface area contributed by atoms with Crippen LogP contribution in [0, 0.1) is 0 Å². The van der Waals surface area contributed by atoms with Gasteiger partial charge >= 0.3 is 40.7 Å². The first-order valence-electron chi connectivity index (χ1n) is 1.43. The van der Waals surface area contributed by atoms with Crippen LogP contribution in [0.5, 0.6) is 0 Å². The normalized spacial score (nSPS) is 8.43. The molecule has 0 aliphatic heterocycles. The molecule has 39 valence electrons. The van der Waals surface area contributed by atoms with E-state index in [9.17, 15) is 3.74 Å². The summed E-state index contributed by atoms with van der Waals surface area (Å²) in [4.78, 5) is 0. The minimum Gasteiger partial charge on any atom is 0 e. The Bertz CT molecular complexity index is 50.9. The number of hydrogen-bond acceptors (Lipinski definition) is 3. The van der Waals surface area contributed by atoms with Gasteiger partial charge in [0.15, 0.2) is 0 Å². The van der Waals surface area contributed by atoms with Crippen LogP contribution in [0.2, 0.25) is 0 Å². The second-order valence-electron chi connectivity index (χ2n) is 0.658. The molecular formula is C2H7AsNaO3. The Morgan fingerprint density at radius 1 is 1.29 bits per heavy atom. The van der Waals surface area contributed by atoms with Crippen LogP contribution in [-0.2, 0) is 11.2 Å². The predicted octanol–water partition coefficient (Wildman–Crippen LogP) is -0.954. The molecule has 0 aromatic rings. The van der Waals surface area contributed by atoms with Gasteiger partial charge in [0.25, 0.3) is 0 Å². The smallest absolute Gasteiger partial charge is 0 e. The van der Waals surface area contributed by atoms with Crippen LogP contribution in [-0.4, -0.2) is 59.1 Å². The maximum atomic E-state index is 9.99. The Balaban J connectivity index is 0. The van der Waals surface area contributed by atoms with Gasteiger partial charge in [-0.2, -0.15) is 0 Å². The molecule has 0 aliphatic carbocycles. The van der Waals surface area contributed by atoms with Crippen LogP contribution < -0.4 is 0 Å². The molecule has 0 spiro atoms. The van der Waals surface area contributed by atoms with E-state index in [2.05, 4.69) is 7.45 Å². The average Bonchev–Trinajstić information content (AvgIpc) is 1.65. The summed E-state index contributed by atoms with van der Waals surface area (Å²) >= 11 is -2.63. The van der Waals surface area contributed by atoms with Crippen molar-refractivity contribution in [1.29, 1.82) is 0 Å². The van der Waals surface area contributed by atoms with Crippen LogP contribution in [0.15, 0.2) is 0 Å². The first-order valence-corrected chi connectivity index (χ1v) is 4.00. The van der Waals surface area contributed by atoms with Crippen molar-refractivity contribution >= 4 is 44.8 Å². The maximum Gasteiger partial charge on any atom is 0 e. The molecule has 0 N–H and O–H groups in total. The second-order valence-corrected chi connectivity index (χ2v) is 3.42. The van der Waals surface area contributed by atoms with Gasteiger partial charge in [0.2, 0.25) is 0 Å². The van der Waals surface area contributed by atoms with Crippen molar-refractivity contribution in [2.75, 3.05) is 14.2 Å². The van der Waals surface area contributed by atoms with Gasteiger partial charge in [0.05, 0.1) is 0 Å². The third-order valence-corrected chi connectivity index (χ3v) is 1.73. The standard InChI is InChI=1S/C2H7AsO3.Na/c1-5-3(4)6-2;/h3H,1-2H3;. The van der Waals surface area contributed by atoms with Crippen molar-refractivity contribution in [2.24, 2.45) is 0 Å². The first-order chi connectivity index (χ1) is 2.81. The molecule has 5 heteroatoms. The Labute approximate surface area is 69.9 Å². The molecule has 0 unspecified atom stereocenters. The Kier molecular flexibility index (Phi) is 11.6. The Hall–Kier alpha value is 1.28. The summed E-state index contributed by atoms with van der Waals surface area (Å²) in [5.41, 5.74) is 0. The molecule has 0 atom stereocenters. The number of hydrogen-bond donors (Lipinski definition) is 0. The van der Waals surface area contributed by atoms with E-state index in [-0.39, 0.29) is 29.6 Å². The topological polar surface area (TPSA) is 35.5 Å². The molecule has 0 aliphatic rings. The zero-order valence-corrected chi connectivity index (χ0v) is 8.82. The molecule has 1 radical (unpaired) electrons. The van der Waals surface area contributed by atoms with E-state index in [0.717, 1.165) is 0 Å². The van der Waals surface area contributed by atoms with Gasteiger partial charge < -0.3 is 0 Å². The fraction of sp³-hybridized carbons (Fsp3) is 1.00. The summed E-state index contributed by atoms with van der Waals surface area (Å²) < 4.78 is 18.6. The van der Waals surface area contributed by atoms with Gasteiger partial charge in [-0.3, -0.25) is 0 Å². The molecule has 0 rings (SSSR count). The van der Waals surface area contributed by atoms with E-state index < -0.39 is 15.3 Å². The van der Waals surface area contributed by atoms with E-state index in [4.69, 9.17) is 0 Å². The molecule has 0 aromatic heterocycles. The summed E-state index contributed by atoms with van der Waals surface area (Å²) in [6.45, 7) is 0. The zero-order chi connectivity index (χ0) is 4.99. The van der Waals surface area contributed by atoms with Gasteiger partial charge in [-0.05, 0) is 0 Å². The van der Waals surface area contributed by atoms with Crippen LogP contribution >= 0.6 is 0 Å². The third-order valence-electron chi connectivity index (χ3n) is 0.333. The van der Waals surface area contributed by atoms with Crippen molar-refractivity contribution in [3.63, 3.8) is 0 Å². The van der Waals surface area contributed by atoms with Crippen LogP contribution in [0.25, 0.3) is 0 Å². The third kappa shape index (κ3) is 7.28. The average molecular weight is 177 g/mol. The largest absolute Gasteiger partial charge is 0 e. The molecule has 0 fully saturated rings. The fourth-order valence-corrected chi connectivity index (χ4v) is 0.433. The monoisotopic (exact) mass is 177 g/mol. The van der Waals surface area contributed by atoms with E-state index in [0.29, 0.717) is 0 Å². The van der Waals surface area contributed by atoms with Gasteiger partial charge in [0, 0.05) is 29.6 Å². The Morgan fingerprint density at radius 2 is 1.57 bits per heavy atom. The first kappa shape index (κ1) is 11.1. The molecule has 7 heavy (non-hydrogen) atoms. The van der Waals surface area contributed by atoms with Crippen molar-refractivity contribution in [3.8, 4) is 0 Å². The molecule has 0 saturated heterocycles. The van der Waals surface area contributed by atoms with E-state index >= 15 is 0 Å². The predicted molar refractivity (Wildman–Crippen MR) is 27.6 cm³/mol. The minimum absolute atomic E-state index is 0. The molecule has 0 bridgehead atoms. The summed E-state index contributed by atoms with van der Waals surface area (Å²) in [7, 11) is 2.73. The zero-order valence-electron chi connectivity index (χ0n) is 4.72. The fourth-order valence-electron chi connectivity index (χ4n) is 0.0833. The second kappa shape index (κ2) is 7.28. The molecule has 0 saturated carbocycles. The minimum atomic E-state index is -2.63. The van der Waals surface area contributed by atoms with Gasteiger partial charge in [-0.25, -0.2) is 0 Å². The van der Waals surface area contributed by atoms with Crippen LogP contribution in [0.4, 0.5) is 0 Å². The van der Waals surface area contributed by atoms with E-state index in [1.54, 1.807) is 0 Å². The van der Waals surface area contributed by atoms with Gasteiger partial charge in [0.1, 0.15) is 0 Å². The van der Waals surface area contributed by atoms with Crippen molar-refractivity contribution in [1.82, 2.24) is 0 Å². The summed E-state index contributed by atoms with van der Waals surface area (Å²) in [5.74, 6) is 0. The number of rotatable bonds is 2. The molecule has 0 heterocycles. The maximum absolute atomic E-state index is 9.99. The molecule has 0 aromatic carbocycles. The summed E-state index contributed by atoms with van der Waals surface area (Å²) in [6, 6.07) is 0. The molecular weight excluding hydrogens is 170 g/mol. The van der Waals surface area contributed by atoms with Crippen molar-refractivity contribution in [3.05, 3.63) is 0 Å². The molecule has 3 nitrogen and oxygen atoms in total. The summed E-state index contributed by atoms with van der Waals surface area (Å²) in [5, 5.41) is 0. The molecule has 0 amide bonds. The van der Waals surface area contributed by atoms with Crippen LogP contribution in [0.3, 0.4) is 0 Å². The quantitative estimate of drug-likeness (QED) is 0.510. The van der Waals surface area contributed by atoms with Crippen LogP contribution in [0.1, 0.15) is 0 Å². The van der Waals surface area contributed by atoms with Gasteiger partial charge in [-0.15, -0.1) is 0 Å². The summed E-state index contributed by atoms with van der Waals surface area (Å²) in [6.07, 6.45) is 0.